The summed E-state index contributed by atoms with van der Waals surface area (Å²) < 4.78 is 49.4. The number of hydrogen-bond donors (Lipinski definition) is 1. The van der Waals surface area contributed by atoms with Gasteiger partial charge in [0.2, 0.25) is 14.1 Å². The van der Waals surface area contributed by atoms with Gasteiger partial charge in [0.05, 0.1) is 11.1 Å². The molecule has 3 heterocycles. The fourth-order valence-corrected chi connectivity index (χ4v) is 4.72. The van der Waals surface area contributed by atoms with Gasteiger partial charge in [-0.25, -0.2) is 19.8 Å². The SMILES string of the molecule is CC(C)(C)[Si](C)(C)n1nnc(-c2nc3cc(OC(F)(F)F)ccc3cc2C(=O)NOC2CCCCO2)n1. The molecule has 1 atom stereocenters. The summed E-state index contributed by atoms with van der Waals surface area (Å²) in [4.78, 5) is 23.0. The lowest BCUT2D eigenvalue weighted by atomic mass is 10.1. The Balaban J connectivity index is 1.75. The number of fused-ring (bicyclic) bond motifs is 1. The molecule has 14 heteroatoms. The second-order valence-corrected chi connectivity index (χ2v) is 15.4. The third kappa shape index (κ3) is 6.08. The molecule has 0 spiro atoms. The number of carbonyl (C=O) groups is 1. The molecule has 1 aromatic carbocycles. The van der Waals surface area contributed by atoms with Crippen LogP contribution in [0.3, 0.4) is 0 Å². The molecule has 1 unspecified atom stereocenters. The summed E-state index contributed by atoms with van der Waals surface area (Å²) in [7, 11) is -2.25. The van der Waals surface area contributed by atoms with Crippen molar-refractivity contribution >= 4 is 25.0 Å². The molecule has 10 nitrogen and oxygen atoms in total. The van der Waals surface area contributed by atoms with E-state index in [1.807, 2.05) is 0 Å². The molecule has 0 saturated carbocycles. The van der Waals surface area contributed by atoms with Gasteiger partial charge in [-0.05, 0) is 49.2 Å². The van der Waals surface area contributed by atoms with Crippen molar-refractivity contribution in [2.75, 3.05) is 6.61 Å². The van der Waals surface area contributed by atoms with Crippen LogP contribution in [0, 0.1) is 0 Å². The Labute approximate surface area is 212 Å². The maximum atomic E-state index is 13.2. The molecule has 1 fully saturated rings. The summed E-state index contributed by atoms with van der Waals surface area (Å²) in [5, 5.41) is 13.2. The van der Waals surface area contributed by atoms with Gasteiger partial charge in [-0.3, -0.25) is 4.79 Å². The van der Waals surface area contributed by atoms with Crippen LogP contribution in [-0.2, 0) is 9.57 Å². The molecule has 37 heavy (non-hydrogen) atoms. The fraction of sp³-hybridized carbons (Fsp3) is 0.522. The number of alkyl halides is 3. The summed E-state index contributed by atoms with van der Waals surface area (Å²) in [6.07, 6.45) is -2.97. The van der Waals surface area contributed by atoms with Crippen LogP contribution in [0.5, 0.6) is 5.75 Å². The molecule has 3 aromatic rings. The Bertz CT molecular complexity index is 1290. The second-order valence-electron chi connectivity index (χ2n) is 10.3. The van der Waals surface area contributed by atoms with Crippen LogP contribution in [0.25, 0.3) is 22.4 Å². The number of halogens is 3. The average Bonchev–Trinajstić information content (AvgIpc) is 3.31. The van der Waals surface area contributed by atoms with E-state index in [1.54, 1.807) is 4.46 Å². The first-order valence-corrected chi connectivity index (χ1v) is 14.8. The molecule has 1 N–H and O–H groups in total. The van der Waals surface area contributed by atoms with Gasteiger partial charge >= 0.3 is 6.36 Å². The van der Waals surface area contributed by atoms with Crippen molar-refractivity contribution in [3.63, 3.8) is 0 Å². The van der Waals surface area contributed by atoms with Crippen molar-refractivity contribution < 1.29 is 32.3 Å². The van der Waals surface area contributed by atoms with Crippen LogP contribution in [0.1, 0.15) is 50.4 Å². The van der Waals surface area contributed by atoms with Crippen LogP contribution in [-0.4, -0.2) is 58.3 Å². The Hall–Kier alpha value is -3.10. The van der Waals surface area contributed by atoms with E-state index in [9.17, 15) is 18.0 Å². The predicted molar refractivity (Wildman–Crippen MR) is 130 cm³/mol. The third-order valence-electron chi connectivity index (χ3n) is 6.65. The quantitative estimate of drug-likeness (QED) is 0.351. The molecular weight excluding hydrogens is 509 g/mol. The summed E-state index contributed by atoms with van der Waals surface area (Å²) in [5.41, 5.74) is 2.68. The van der Waals surface area contributed by atoms with Crippen molar-refractivity contribution in [2.45, 2.75) is 70.8 Å². The first-order chi connectivity index (χ1) is 17.2. The second kappa shape index (κ2) is 9.98. The number of amides is 1. The zero-order chi connectivity index (χ0) is 27.0. The van der Waals surface area contributed by atoms with Crippen LogP contribution in [0.4, 0.5) is 13.2 Å². The number of pyridine rings is 1. The number of hydroxylamine groups is 1. The zero-order valence-corrected chi connectivity index (χ0v) is 22.2. The largest absolute Gasteiger partial charge is 0.573 e. The fourth-order valence-electron chi connectivity index (χ4n) is 3.51. The lowest BCUT2D eigenvalue weighted by Crippen LogP contribution is -2.47. The van der Waals surface area contributed by atoms with Gasteiger partial charge in [-0.1, -0.05) is 26.0 Å². The minimum Gasteiger partial charge on any atom is -0.406 e. The first kappa shape index (κ1) is 26.9. The molecular formula is C23H29F3N6O4Si. The number of aromatic nitrogens is 5. The van der Waals surface area contributed by atoms with Gasteiger partial charge in [0.25, 0.3) is 5.91 Å². The average molecular weight is 539 g/mol. The van der Waals surface area contributed by atoms with Crippen LogP contribution >= 0.6 is 0 Å². The molecule has 1 aliphatic heterocycles. The predicted octanol–water partition coefficient (Wildman–Crippen LogP) is 4.83. The Morgan fingerprint density at radius 3 is 2.59 bits per heavy atom. The van der Waals surface area contributed by atoms with Gasteiger partial charge in [0.15, 0.2) is 6.29 Å². The number of hydrogen-bond acceptors (Lipinski definition) is 8. The Morgan fingerprint density at radius 1 is 1.19 bits per heavy atom. The molecule has 4 rings (SSSR count). The number of carbonyl (C=O) groups excluding carboxylic acids is 1. The van der Waals surface area contributed by atoms with E-state index in [2.05, 4.69) is 64.5 Å². The third-order valence-corrected chi connectivity index (χ3v) is 11.5. The molecule has 0 bridgehead atoms. The number of benzene rings is 1. The van der Waals surface area contributed by atoms with E-state index in [1.165, 1.54) is 12.1 Å². The number of tetrazole rings is 1. The van der Waals surface area contributed by atoms with Crippen molar-refractivity contribution in [3.8, 4) is 17.3 Å². The van der Waals surface area contributed by atoms with Gasteiger partial charge in [-0.15, -0.1) is 23.4 Å². The highest BCUT2D eigenvalue weighted by atomic mass is 28.3. The highest BCUT2D eigenvalue weighted by Gasteiger charge is 2.41. The molecule has 0 radical (unpaired) electrons. The normalized spacial score (nSPS) is 17.1. The van der Waals surface area contributed by atoms with Crippen molar-refractivity contribution in [2.24, 2.45) is 0 Å². The molecule has 1 saturated heterocycles. The summed E-state index contributed by atoms with van der Waals surface area (Å²) in [6.45, 7) is 11.0. The highest BCUT2D eigenvalue weighted by molar-refractivity contribution is 6.78. The molecule has 200 valence electrons. The summed E-state index contributed by atoms with van der Waals surface area (Å²) in [5.74, 6) is -1.00. The van der Waals surface area contributed by atoms with E-state index < -0.39 is 32.5 Å². The maximum absolute atomic E-state index is 13.2. The topological polar surface area (TPSA) is 113 Å². The van der Waals surface area contributed by atoms with Gasteiger partial charge in [0, 0.05) is 24.5 Å². The number of nitrogens with one attached hydrogen (secondary N) is 1. The minimum atomic E-state index is -4.86. The monoisotopic (exact) mass is 538 g/mol. The van der Waals surface area contributed by atoms with E-state index in [4.69, 9.17) is 9.57 Å². The molecule has 0 aliphatic carbocycles. The zero-order valence-electron chi connectivity index (χ0n) is 21.2. The van der Waals surface area contributed by atoms with E-state index >= 15 is 0 Å². The van der Waals surface area contributed by atoms with Gasteiger partial charge in [0.1, 0.15) is 11.4 Å². The Morgan fingerprint density at radius 2 is 1.95 bits per heavy atom. The molecule has 1 amide bonds. The summed E-state index contributed by atoms with van der Waals surface area (Å²) in [6, 6.07) is 5.16. The summed E-state index contributed by atoms with van der Waals surface area (Å²) >= 11 is 0. The number of rotatable bonds is 6. The molecule has 1 aliphatic rings. The van der Waals surface area contributed by atoms with E-state index in [0.717, 1.165) is 25.0 Å². The van der Waals surface area contributed by atoms with Gasteiger partial charge < -0.3 is 9.47 Å². The maximum Gasteiger partial charge on any atom is 0.573 e. The van der Waals surface area contributed by atoms with Gasteiger partial charge in [-0.2, -0.15) is 0 Å². The lowest BCUT2D eigenvalue weighted by Gasteiger charge is -2.34. The van der Waals surface area contributed by atoms with Crippen LogP contribution in [0.2, 0.25) is 18.1 Å². The Kier molecular flexibility index (Phi) is 7.27. The smallest absolute Gasteiger partial charge is 0.406 e. The number of nitrogens with zero attached hydrogens (tertiary/aromatic N) is 5. The minimum absolute atomic E-state index is 0.0484. The van der Waals surface area contributed by atoms with Crippen molar-refractivity contribution in [3.05, 3.63) is 29.8 Å². The lowest BCUT2D eigenvalue weighted by molar-refractivity contribution is -0.274. The number of ether oxygens (including phenoxy) is 2. The van der Waals surface area contributed by atoms with Crippen LogP contribution < -0.4 is 10.2 Å². The van der Waals surface area contributed by atoms with Crippen molar-refractivity contribution in [1.29, 1.82) is 0 Å². The highest BCUT2D eigenvalue weighted by Crippen LogP contribution is 2.36. The van der Waals surface area contributed by atoms with Crippen molar-refractivity contribution in [1.82, 2.24) is 30.3 Å². The standard InChI is InChI=1S/C23H29F3N6O4Si/c1-22(2,3)37(4,5)32-29-20(28-31-32)19-16(21(33)30-36-18-8-6-7-11-34-18)12-14-9-10-15(13-17(14)27-19)35-23(24,25)26/h9-10,12-13,18H,6-8,11H2,1-5H3,(H,30,33). The first-order valence-electron chi connectivity index (χ1n) is 11.8. The van der Waals surface area contributed by atoms with E-state index in [-0.39, 0.29) is 27.6 Å². The van der Waals surface area contributed by atoms with E-state index in [0.29, 0.717) is 18.4 Å². The molecule has 2 aromatic heterocycles. The van der Waals surface area contributed by atoms with Crippen LogP contribution in [0.15, 0.2) is 24.3 Å².